The minimum atomic E-state index is -0.458. The fourth-order valence-corrected chi connectivity index (χ4v) is 3.05. The third-order valence-electron chi connectivity index (χ3n) is 4.63. The van der Waals surface area contributed by atoms with Gasteiger partial charge >= 0.3 is 0 Å². The number of rotatable bonds is 2. The number of benzene rings is 1. The van der Waals surface area contributed by atoms with Crippen molar-refractivity contribution in [2.75, 3.05) is 31.7 Å². The van der Waals surface area contributed by atoms with Crippen LogP contribution in [0.5, 0.6) is 0 Å². The van der Waals surface area contributed by atoms with Gasteiger partial charge in [-0.1, -0.05) is 12.1 Å². The van der Waals surface area contributed by atoms with Gasteiger partial charge in [0.2, 0.25) is 5.91 Å². The van der Waals surface area contributed by atoms with Crippen LogP contribution in [-0.2, 0) is 20.4 Å². The van der Waals surface area contributed by atoms with Crippen LogP contribution in [0.25, 0.3) is 0 Å². The maximum atomic E-state index is 12.3. The van der Waals surface area contributed by atoms with E-state index < -0.39 is 5.41 Å². The van der Waals surface area contributed by atoms with Crippen molar-refractivity contribution < 1.29 is 9.53 Å². The highest BCUT2D eigenvalue weighted by Crippen LogP contribution is 2.43. The summed E-state index contributed by atoms with van der Waals surface area (Å²) in [6.45, 7) is 5.89. The van der Waals surface area contributed by atoms with E-state index in [4.69, 9.17) is 10.5 Å². The second kappa shape index (κ2) is 3.81. The van der Waals surface area contributed by atoms with Gasteiger partial charge in [-0.2, -0.15) is 0 Å². The third kappa shape index (κ3) is 1.50. The van der Waals surface area contributed by atoms with Crippen LogP contribution >= 0.6 is 0 Å². The number of hydrogen-bond donors (Lipinski definition) is 1. The first-order chi connectivity index (χ1) is 8.92. The predicted octanol–water partition coefficient (Wildman–Crippen LogP) is 1.17. The maximum absolute atomic E-state index is 12.3. The van der Waals surface area contributed by atoms with Crippen molar-refractivity contribution in [2.24, 2.45) is 5.73 Å². The Bertz CT molecular complexity index is 542. The maximum Gasteiger partial charge on any atom is 0.236 e. The zero-order chi connectivity index (χ0) is 13.8. The second-order valence-electron chi connectivity index (χ2n) is 6.20. The molecular weight excluding hydrogens is 240 g/mol. The highest BCUT2D eigenvalue weighted by atomic mass is 16.5. The van der Waals surface area contributed by atoms with Crippen molar-refractivity contribution in [3.05, 3.63) is 29.3 Å². The molecule has 0 aliphatic carbocycles. The molecular formula is C15H20N2O2. The molecule has 4 nitrogen and oxygen atoms in total. The minimum Gasteiger partial charge on any atom is -0.379 e. The topological polar surface area (TPSA) is 55.6 Å². The van der Waals surface area contributed by atoms with Gasteiger partial charge in [-0.05, 0) is 31.0 Å². The summed E-state index contributed by atoms with van der Waals surface area (Å²) < 4.78 is 5.34. The van der Waals surface area contributed by atoms with E-state index in [1.807, 2.05) is 27.0 Å². The Labute approximate surface area is 113 Å². The number of likely N-dealkylation sites (N-methyl/N-ethyl adjacent to an activating group) is 1. The molecule has 2 N–H and O–H groups in total. The lowest BCUT2D eigenvalue weighted by atomic mass is 9.76. The van der Waals surface area contributed by atoms with Crippen molar-refractivity contribution in [1.29, 1.82) is 0 Å². The Morgan fingerprint density at radius 3 is 2.58 bits per heavy atom. The van der Waals surface area contributed by atoms with Gasteiger partial charge in [-0.25, -0.2) is 0 Å². The zero-order valence-corrected chi connectivity index (χ0v) is 11.7. The molecule has 2 heterocycles. The lowest BCUT2D eigenvalue weighted by molar-refractivity contribution is -0.121. The first kappa shape index (κ1) is 12.6. The molecule has 1 aromatic carbocycles. The van der Waals surface area contributed by atoms with E-state index in [0.29, 0.717) is 19.8 Å². The second-order valence-corrected chi connectivity index (χ2v) is 6.20. The molecule has 2 aliphatic heterocycles. The molecule has 0 spiro atoms. The first-order valence-corrected chi connectivity index (χ1v) is 6.63. The monoisotopic (exact) mass is 260 g/mol. The van der Waals surface area contributed by atoms with E-state index >= 15 is 0 Å². The first-order valence-electron chi connectivity index (χ1n) is 6.63. The largest absolute Gasteiger partial charge is 0.379 e. The minimum absolute atomic E-state index is 0.0602. The summed E-state index contributed by atoms with van der Waals surface area (Å²) in [5.74, 6) is 0.145. The summed E-state index contributed by atoms with van der Waals surface area (Å²) in [5, 5.41) is 0. The van der Waals surface area contributed by atoms with Gasteiger partial charge < -0.3 is 15.4 Å². The van der Waals surface area contributed by atoms with Crippen LogP contribution in [0.3, 0.4) is 0 Å². The molecule has 1 saturated heterocycles. The summed E-state index contributed by atoms with van der Waals surface area (Å²) in [5.41, 5.74) is 8.68. The van der Waals surface area contributed by atoms with Crippen molar-refractivity contribution in [3.63, 3.8) is 0 Å². The summed E-state index contributed by atoms with van der Waals surface area (Å²) >= 11 is 0. The van der Waals surface area contributed by atoms with E-state index in [1.165, 1.54) is 5.56 Å². The molecule has 0 aromatic heterocycles. The van der Waals surface area contributed by atoms with Crippen molar-refractivity contribution >= 4 is 11.6 Å². The Kier molecular flexibility index (Phi) is 2.53. The summed E-state index contributed by atoms with van der Waals surface area (Å²) in [6, 6.07) is 6.26. The number of carbonyl (C=O) groups is 1. The number of nitrogens with zero attached hydrogens (tertiary/aromatic N) is 1. The number of carbonyl (C=O) groups excluding carboxylic acids is 1. The summed E-state index contributed by atoms with van der Waals surface area (Å²) in [7, 11) is 1.83. The van der Waals surface area contributed by atoms with Crippen LogP contribution in [0, 0.1) is 0 Å². The molecule has 1 fully saturated rings. The van der Waals surface area contributed by atoms with Gasteiger partial charge in [0.25, 0.3) is 0 Å². The normalized spacial score (nSPS) is 23.2. The van der Waals surface area contributed by atoms with Crippen molar-refractivity contribution in [3.8, 4) is 0 Å². The van der Waals surface area contributed by atoms with Crippen LogP contribution in [0.4, 0.5) is 5.69 Å². The van der Waals surface area contributed by atoms with E-state index in [2.05, 4.69) is 12.1 Å². The number of ether oxygens (including phenoxy) is 1. The zero-order valence-electron chi connectivity index (χ0n) is 11.7. The van der Waals surface area contributed by atoms with Crippen molar-refractivity contribution in [2.45, 2.75) is 24.7 Å². The molecule has 102 valence electrons. The lowest BCUT2D eigenvalue weighted by Gasteiger charge is -2.41. The number of fused-ring (bicyclic) bond motifs is 1. The molecule has 2 aliphatic rings. The van der Waals surface area contributed by atoms with Crippen LogP contribution in [0.1, 0.15) is 25.0 Å². The van der Waals surface area contributed by atoms with E-state index in [-0.39, 0.29) is 11.3 Å². The van der Waals surface area contributed by atoms with Crippen LogP contribution in [-0.4, -0.2) is 32.7 Å². The number of hydrogen-bond acceptors (Lipinski definition) is 3. The van der Waals surface area contributed by atoms with Gasteiger partial charge in [0, 0.05) is 19.3 Å². The Hall–Kier alpha value is -1.39. The van der Waals surface area contributed by atoms with Gasteiger partial charge in [-0.3, -0.25) is 4.79 Å². The highest BCUT2D eigenvalue weighted by Gasteiger charge is 2.45. The summed E-state index contributed by atoms with van der Waals surface area (Å²) in [6.07, 6.45) is 0. The van der Waals surface area contributed by atoms with Gasteiger partial charge in [0.1, 0.15) is 0 Å². The fraction of sp³-hybridized carbons (Fsp3) is 0.533. The third-order valence-corrected chi connectivity index (χ3v) is 4.63. The van der Waals surface area contributed by atoms with Crippen LogP contribution in [0.15, 0.2) is 18.2 Å². The molecule has 3 rings (SSSR count). The van der Waals surface area contributed by atoms with E-state index in [0.717, 1.165) is 11.3 Å². The Balaban J connectivity index is 2.11. The predicted molar refractivity (Wildman–Crippen MR) is 74.4 cm³/mol. The molecule has 0 saturated carbocycles. The van der Waals surface area contributed by atoms with Crippen LogP contribution in [0.2, 0.25) is 0 Å². The van der Waals surface area contributed by atoms with Gasteiger partial charge in [0.05, 0.1) is 24.0 Å². The molecule has 0 unspecified atom stereocenters. The number of amides is 1. The van der Waals surface area contributed by atoms with Crippen molar-refractivity contribution in [1.82, 2.24) is 0 Å². The molecule has 19 heavy (non-hydrogen) atoms. The molecule has 0 bridgehead atoms. The molecule has 0 radical (unpaired) electrons. The number of nitrogens with two attached hydrogens (primary N) is 1. The standard InChI is InChI=1S/C15H20N2O2/c1-14(2)11-6-10(15(7-16)8-19-9-15)4-5-12(11)17(3)13(14)18/h4-6H,7-9,16H2,1-3H3. The lowest BCUT2D eigenvalue weighted by Crippen LogP contribution is -2.52. The average molecular weight is 260 g/mol. The molecule has 1 amide bonds. The molecule has 4 heteroatoms. The quantitative estimate of drug-likeness (QED) is 0.868. The van der Waals surface area contributed by atoms with E-state index in [1.54, 1.807) is 4.90 Å². The number of anilines is 1. The molecule has 0 atom stereocenters. The van der Waals surface area contributed by atoms with Gasteiger partial charge in [0.15, 0.2) is 0 Å². The Morgan fingerprint density at radius 1 is 1.37 bits per heavy atom. The SMILES string of the molecule is CN1C(=O)C(C)(C)c2cc(C3(CN)COC3)ccc21. The van der Waals surface area contributed by atoms with E-state index in [9.17, 15) is 4.79 Å². The van der Waals surface area contributed by atoms with Gasteiger partial charge in [-0.15, -0.1) is 0 Å². The highest BCUT2D eigenvalue weighted by molar-refractivity contribution is 6.07. The molecule has 1 aromatic rings. The van der Waals surface area contributed by atoms with Crippen LogP contribution < -0.4 is 10.6 Å². The fourth-order valence-electron chi connectivity index (χ4n) is 3.05. The smallest absolute Gasteiger partial charge is 0.236 e. The summed E-state index contributed by atoms with van der Waals surface area (Å²) in [4.78, 5) is 14.0. The Morgan fingerprint density at radius 2 is 2.05 bits per heavy atom. The average Bonchev–Trinajstić information content (AvgIpc) is 2.51.